The molecule has 0 saturated carbocycles. The quantitative estimate of drug-likeness (QED) is 0.868. The normalized spacial score (nSPS) is 10.6. The molecule has 0 bridgehead atoms. The molecule has 0 spiro atoms. The van der Waals surface area contributed by atoms with E-state index in [1.807, 2.05) is 0 Å². The van der Waals surface area contributed by atoms with Gasteiger partial charge in [0.25, 0.3) is 6.43 Å². The van der Waals surface area contributed by atoms with E-state index in [1.165, 1.54) is 7.11 Å². The van der Waals surface area contributed by atoms with Gasteiger partial charge in [0.1, 0.15) is 11.4 Å². The Kier molecular flexibility index (Phi) is 4.17. The lowest BCUT2D eigenvalue weighted by molar-refractivity contribution is 0.0694. The molecule has 1 heterocycles. The van der Waals surface area contributed by atoms with Crippen molar-refractivity contribution in [1.29, 1.82) is 0 Å². The van der Waals surface area contributed by atoms with Gasteiger partial charge in [-0.2, -0.15) is 0 Å². The minimum Gasteiger partial charge on any atom is -0.495 e. The zero-order valence-electron chi connectivity index (χ0n) is 8.21. The van der Waals surface area contributed by atoms with Gasteiger partial charge >= 0.3 is 5.97 Å². The topological polar surface area (TPSA) is 59.4 Å². The summed E-state index contributed by atoms with van der Waals surface area (Å²) in [5, 5.41) is 8.92. The highest BCUT2D eigenvalue weighted by Crippen LogP contribution is 2.29. The van der Waals surface area contributed by atoms with Crippen LogP contribution in [0.15, 0.2) is 6.07 Å². The Morgan fingerprint density at radius 3 is 2.69 bits per heavy atom. The predicted molar refractivity (Wildman–Crippen MR) is 55.3 cm³/mol. The molecule has 0 saturated heterocycles. The van der Waals surface area contributed by atoms with Crippen LogP contribution >= 0.6 is 15.9 Å². The molecule has 1 aromatic rings. The molecule has 1 rings (SSSR count). The number of methoxy groups -OCH3 is 1. The number of carbonyl (C=O) groups is 1. The second kappa shape index (κ2) is 5.20. The number of aromatic nitrogens is 1. The predicted octanol–water partition coefficient (Wildman–Crippen LogP) is 2.62. The van der Waals surface area contributed by atoms with Crippen molar-refractivity contribution in [3.63, 3.8) is 0 Å². The Morgan fingerprint density at radius 2 is 2.31 bits per heavy atom. The number of carboxylic acids is 1. The average Bonchev–Trinajstić information content (AvgIpc) is 2.26. The first-order valence-electron chi connectivity index (χ1n) is 4.16. The molecule has 4 nitrogen and oxygen atoms in total. The zero-order chi connectivity index (χ0) is 12.3. The standard InChI is InChI=1S/C9H8BrF2NO3/c1-16-6-2-4(9(14)15)5(3-10)13-7(6)8(11)12/h2,8H,3H2,1H3,(H,14,15). The van der Waals surface area contributed by atoms with E-state index in [4.69, 9.17) is 5.11 Å². The number of halogens is 3. The van der Waals surface area contributed by atoms with Crippen molar-refractivity contribution >= 4 is 21.9 Å². The summed E-state index contributed by atoms with van der Waals surface area (Å²) in [5.41, 5.74) is -0.663. The van der Waals surface area contributed by atoms with E-state index in [2.05, 4.69) is 25.7 Å². The maximum atomic E-state index is 12.6. The van der Waals surface area contributed by atoms with Crippen LogP contribution in [0.2, 0.25) is 0 Å². The van der Waals surface area contributed by atoms with Gasteiger partial charge in [0.05, 0.1) is 18.4 Å². The highest BCUT2D eigenvalue weighted by Gasteiger charge is 2.21. The SMILES string of the molecule is COc1cc(C(=O)O)c(CBr)nc1C(F)F. The van der Waals surface area contributed by atoms with Crippen LogP contribution in [0.1, 0.15) is 28.2 Å². The molecule has 0 aliphatic rings. The molecule has 0 aromatic carbocycles. The van der Waals surface area contributed by atoms with E-state index in [0.29, 0.717) is 0 Å². The summed E-state index contributed by atoms with van der Waals surface area (Å²) in [7, 11) is 1.18. The number of rotatable bonds is 4. The van der Waals surface area contributed by atoms with Gasteiger partial charge in [-0.1, -0.05) is 15.9 Å². The number of hydrogen-bond acceptors (Lipinski definition) is 3. The molecule has 0 fully saturated rings. The Balaban J connectivity index is 3.40. The van der Waals surface area contributed by atoms with Crippen molar-refractivity contribution in [2.75, 3.05) is 7.11 Å². The van der Waals surface area contributed by atoms with Crippen LogP contribution in [-0.2, 0) is 5.33 Å². The fourth-order valence-corrected chi connectivity index (χ4v) is 1.58. The Hall–Kier alpha value is -1.24. The lowest BCUT2D eigenvalue weighted by Gasteiger charge is -2.10. The van der Waals surface area contributed by atoms with E-state index in [0.717, 1.165) is 6.07 Å². The molecule has 0 aliphatic heterocycles. The summed E-state index contributed by atoms with van der Waals surface area (Å²) in [6.07, 6.45) is -2.81. The number of pyridine rings is 1. The molecule has 88 valence electrons. The van der Waals surface area contributed by atoms with Crippen molar-refractivity contribution < 1.29 is 23.4 Å². The van der Waals surface area contributed by atoms with Gasteiger partial charge in [-0.15, -0.1) is 0 Å². The first-order valence-corrected chi connectivity index (χ1v) is 5.28. The van der Waals surface area contributed by atoms with Crippen LogP contribution in [0.5, 0.6) is 5.75 Å². The smallest absolute Gasteiger partial charge is 0.337 e. The maximum Gasteiger partial charge on any atom is 0.337 e. The molecular weight excluding hydrogens is 288 g/mol. The molecular formula is C9H8BrF2NO3. The van der Waals surface area contributed by atoms with Crippen molar-refractivity contribution in [2.45, 2.75) is 11.8 Å². The van der Waals surface area contributed by atoms with Crippen LogP contribution < -0.4 is 4.74 Å². The van der Waals surface area contributed by atoms with Crippen LogP contribution in [0.25, 0.3) is 0 Å². The van der Waals surface area contributed by atoms with Gasteiger partial charge in [-0.25, -0.2) is 18.6 Å². The van der Waals surface area contributed by atoms with Crippen LogP contribution in [0, 0.1) is 0 Å². The third-order valence-corrected chi connectivity index (χ3v) is 2.41. The minimum atomic E-state index is -2.81. The summed E-state index contributed by atoms with van der Waals surface area (Å²) in [6.45, 7) is 0. The van der Waals surface area contributed by atoms with Crippen molar-refractivity contribution in [2.24, 2.45) is 0 Å². The summed E-state index contributed by atoms with van der Waals surface area (Å²) < 4.78 is 29.8. The lowest BCUT2D eigenvalue weighted by atomic mass is 10.1. The Labute approximate surface area is 98.4 Å². The molecule has 0 radical (unpaired) electrons. The van der Waals surface area contributed by atoms with Crippen LogP contribution in [-0.4, -0.2) is 23.2 Å². The first kappa shape index (κ1) is 12.8. The second-order valence-electron chi connectivity index (χ2n) is 2.81. The van der Waals surface area contributed by atoms with E-state index in [9.17, 15) is 13.6 Å². The van der Waals surface area contributed by atoms with Crippen molar-refractivity contribution in [3.05, 3.63) is 23.0 Å². The fraction of sp³-hybridized carbons (Fsp3) is 0.333. The zero-order valence-corrected chi connectivity index (χ0v) is 9.79. The summed E-state index contributed by atoms with van der Waals surface area (Å²) in [4.78, 5) is 14.4. The largest absolute Gasteiger partial charge is 0.495 e. The molecule has 0 atom stereocenters. The monoisotopic (exact) mass is 295 g/mol. The van der Waals surface area contributed by atoms with E-state index >= 15 is 0 Å². The number of aromatic carboxylic acids is 1. The van der Waals surface area contributed by atoms with Gasteiger partial charge < -0.3 is 9.84 Å². The van der Waals surface area contributed by atoms with E-state index in [1.54, 1.807) is 0 Å². The van der Waals surface area contributed by atoms with Crippen LogP contribution in [0.3, 0.4) is 0 Å². The Bertz CT molecular complexity index is 412. The molecule has 0 amide bonds. The number of hydrogen-bond donors (Lipinski definition) is 1. The number of ether oxygens (including phenoxy) is 1. The fourth-order valence-electron chi connectivity index (χ4n) is 1.16. The average molecular weight is 296 g/mol. The van der Waals surface area contributed by atoms with Gasteiger partial charge in [0, 0.05) is 5.33 Å². The Morgan fingerprint density at radius 1 is 1.69 bits per heavy atom. The van der Waals surface area contributed by atoms with Gasteiger partial charge in [0.2, 0.25) is 0 Å². The summed E-state index contributed by atoms with van der Waals surface area (Å²) >= 11 is 2.99. The molecule has 1 aromatic heterocycles. The highest BCUT2D eigenvalue weighted by atomic mass is 79.9. The summed E-state index contributed by atoms with van der Waals surface area (Å²) in [5.74, 6) is -1.46. The van der Waals surface area contributed by atoms with Crippen molar-refractivity contribution in [1.82, 2.24) is 4.98 Å². The maximum absolute atomic E-state index is 12.6. The lowest BCUT2D eigenvalue weighted by Crippen LogP contribution is -2.08. The molecule has 16 heavy (non-hydrogen) atoms. The van der Waals surface area contributed by atoms with Crippen LogP contribution in [0.4, 0.5) is 8.78 Å². The molecule has 0 unspecified atom stereocenters. The van der Waals surface area contributed by atoms with Gasteiger partial charge in [-0.3, -0.25) is 0 Å². The minimum absolute atomic E-state index is 0.0450. The number of carboxylic acid groups (broad SMARTS) is 1. The second-order valence-corrected chi connectivity index (χ2v) is 3.37. The number of alkyl halides is 3. The van der Waals surface area contributed by atoms with Gasteiger partial charge in [0.15, 0.2) is 0 Å². The molecule has 1 N–H and O–H groups in total. The first-order chi connectivity index (χ1) is 7.51. The molecule has 0 aliphatic carbocycles. The molecule has 7 heteroatoms. The number of nitrogens with zero attached hydrogens (tertiary/aromatic N) is 1. The van der Waals surface area contributed by atoms with Gasteiger partial charge in [-0.05, 0) is 6.07 Å². The third-order valence-electron chi connectivity index (χ3n) is 1.88. The van der Waals surface area contributed by atoms with E-state index < -0.39 is 18.1 Å². The third kappa shape index (κ3) is 2.46. The summed E-state index contributed by atoms with van der Waals surface area (Å²) in [6, 6.07) is 1.05. The highest BCUT2D eigenvalue weighted by molar-refractivity contribution is 9.08. The van der Waals surface area contributed by atoms with Crippen molar-refractivity contribution in [3.8, 4) is 5.75 Å². The van der Waals surface area contributed by atoms with E-state index in [-0.39, 0.29) is 22.3 Å².